The fraction of sp³-hybridized carbons (Fsp3) is 0.222. The average Bonchev–Trinajstić information content (AvgIpc) is 2.59. The first kappa shape index (κ1) is 16.0. The molecule has 0 bridgehead atoms. The van der Waals surface area contributed by atoms with E-state index in [4.69, 9.17) is 9.84 Å². The molecule has 1 amide bonds. The monoisotopic (exact) mass is 327 g/mol. The lowest BCUT2D eigenvalue weighted by molar-refractivity contribution is -0.127. The molecular weight excluding hydrogens is 310 g/mol. The molecule has 3 rings (SSSR count). The van der Waals surface area contributed by atoms with E-state index in [1.807, 2.05) is 0 Å². The van der Waals surface area contributed by atoms with E-state index >= 15 is 0 Å². The maximum Gasteiger partial charge on any atom is 0.336 e. The number of para-hydroxylation sites is 2. The number of anilines is 1. The molecule has 2 aromatic carbocycles. The van der Waals surface area contributed by atoms with E-state index in [-0.39, 0.29) is 31.0 Å². The van der Waals surface area contributed by atoms with Crippen LogP contribution in [0.5, 0.6) is 5.75 Å². The van der Waals surface area contributed by atoms with Gasteiger partial charge in [-0.1, -0.05) is 30.3 Å². The molecular formula is C18H17NO5. The van der Waals surface area contributed by atoms with Gasteiger partial charge in [0, 0.05) is 13.0 Å². The topological polar surface area (TPSA) is 87.1 Å². The van der Waals surface area contributed by atoms with Gasteiger partial charge >= 0.3 is 5.97 Å². The normalized spacial score (nSPS) is 16.5. The van der Waals surface area contributed by atoms with Gasteiger partial charge in [-0.15, -0.1) is 0 Å². The number of hydrogen-bond donors (Lipinski definition) is 2. The zero-order valence-corrected chi connectivity index (χ0v) is 12.9. The van der Waals surface area contributed by atoms with Crippen LogP contribution >= 0.6 is 0 Å². The molecule has 1 unspecified atom stereocenters. The van der Waals surface area contributed by atoms with Crippen molar-refractivity contribution >= 4 is 17.6 Å². The quantitative estimate of drug-likeness (QED) is 0.878. The van der Waals surface area contributed by atoms with Crippen molar-refractivity contribution in [3.05, 3.63) is 59.7 Å². The summed E-state index contributed by atoms with van der Waals surface area (Å²) < 4.78 is 5.66. The molecule has 1 aliphatic heterocycles. The van der Waals surface area contributed by atoms with Gasteiger partial charge in [0.15, 0.2) is 6.10 Å². The average molecular weight is 327 g/mol. The Bertz CT molecular complexity index is 774. The summed E-state index contributed by atoms with van der Waals surface area (Å²) in [6.45, 7) is -0.0399. The van der Waals surface area contributed by atoms with Crippen LogP contribution in [0.3, 0.4) is 0 Å². The molecule has 124 valence electrons. The maximum absolute atomic E-state index is 12.7. The number of nitrogens with zero attached hydrogens (tertiary/aromatic N) is 1. The Labute approximate surface area is 138 Å². The molecule has 0 spiro atoms. The zero-order valence-electron chi connectivity index (χ0n) is 12.9. The largest absolute Gasteiger partial charge is 0.478 e. The fourth-order valence-electron chi connectivity index (χ4n) is 2.78. The lowest BCUT2D eigenvalue weighted by Gasteiger charge is -2.34. The molecule has 0 fully saturated rings. The highest BCUT2D eigenvalue weighted by Gasteiger charge is 2.34. The molecule has 6 heteroatoms. The molecule has 0 saturated heterocycles. The SMILES string of the molecule is O=C(O)c1ccccc1CN1C(=O)C(CCO)Oc2ccccc21. The highest BCUT2D eigenvalue weighted by Crippen LogP contribution is 2.35. The van der Waals surface area contributed by atoms with Crippen LogP contribution in [0.2, 0.25) is 0 Å². The first-order chi connectivity index (χ1) is 11.6. The minimum absolute atomic E-state index is 0.129. The van der Waals surface area contributed by atoms with Crippen LogP contribution in [0.15, 0.2) is 48.5 Å². The zero-order chi connectivity index (χ0) is 17.1. The molecule has 24 heavy (non-hydrogen) atoms. The number of amides is 1. The number of aliphatic hydroxyl groups excluding tert-OH is 1. The van der Waals surface area contributed by atoms with Crippen LogP contribution in [0.1, 0.15) is 22.3 Å². The Morgan fingerprint density at radius 3 is 2.58 bits per heavy atom. The number of benzene rings is 2. The number of ether oxygens (including phenoxy) is 1. The number of carbonyl (C=O) groups excluding carboxylic acids is 1. The third-order valence-corrected chi connectivity index (χ3v) is 3.93. The Kier molecular flexibility index (Phi) is 4.48. The van der Waals surface area contributed by atoms with Crippen LogP contribution < -0.4 is 9.64 Å². The van der Waals surface area contributed by atoms with E-state index in [0.29, 0.717) is 17.0 Å². The molecule has 0 saturated carbocycles. The summed E-state index contributed by atoms with van der Waals surface area (Å²) in [5.74, 6) is -0.780. The molecule has 2 aromatic rings. The van der Waals surface area contributed by atoms with Crippen LogP contribution in [0, 0.1) is 0 Å². The minimum Gasteiger partial charge on any atom is -0.478 e. The molecule has 1 atom stereocenters. The van der Waals surface area contributed by atoms with Gasteiger partial charge in [0.05, 0.1) is 17.8 Å². The number of carbonyl (C=O) groups is 2. The molecule has 0 radical (unpaired) electrons. The number of carboxylic acids is 1. The van der Waals surface area contributed by atoms with Gasteiger partial charge in [0.25, 0.3) is 5.91 Å². The number of fused-ring (bicyclic) bond motifs is 1. The number of aromatic carboxylic acids is 1. The number of rotatable bonds is 5. The van der Waals surface area contributed by atoms with Gasteiger partial charge in [-0.3, -0.25) is 4.79 Å². The maximum atomic E-state index is 12.7. The summed E-state index contributed by atoms with van der Waals surface area (Å²) in [6, 6.07) is 13.7. The fourth-order valence-corrected chi connectivity index (χ4v) is 2.78. The Hall–Kier alpha value is -2.86. The number of carboxylic acid groups (broad SMARTS) is 1. The van der Waals surface area contributed by atoms with Gasteiger partial charge in [-0.25, -0.2) is 4.79 Å². The van der Waals surface area contributed by atoms with Crippen LogP contribution in [-0.4, -0.2) is 34.8 Å². The van der Waals surface area contributed by atoms with Gasteiger partial charge in [-0.05, 0) is 23.8 Å². The standard InChI is InChI=1S/C18H17NO5/c20-10-9-16-17(21)19(14-7-3-4-8-15(14)24-16)11-12-5-1-2-6-13(12)18(22)23/h1-8,16,20H,9-11H2,(H,22,23). The lowest BCUT2D eigenvalue weighted by Crippen LogP contribution is -2.46. The third kappa shape index (κ3) is 2.96. The lowest BCUT2D eigenvalue weighted by atomic mass is 10.0. The molecule has 6 nitrogen and oxygen atoms in total. The van der Waals surface area contributed by atoms with Crippen molar-refractivity contribution < 1.29 is 24.5 Å². The summed E-state index contributed by atoms with van der Waals surface area (Å²) in [4.78, 5) is 25.6. The summed E-state index contributed by atoms with van der Waals surface area (Å²) in [7, 11) is 0. The van der Waals surface area contributed by atoms with E-state index < -0.39 is 12.1 Å². The highest BCUT2D eigenvalue weighted by molar-refractivity contribution is 6.00. The molecule has 1 aliphatic rings. The van der Waals surface area contributed by atoms with Crippen molar-refractivity contribution in [2.45, 2.75) is 19.1 Å². The second-order valence-electron chi connectivity index (χ2n) is 5.47. The van der Waals surface area contributed by atoms with Gasteiger partial charge < -0.3 is 19.8 Å². The van der Waals surface area contributed by atoms with E-state index in [0.717, 1.165) is 0 Å². The van der Waals surface area contributed by atoms with Crippen molar-refractivity contribution in [3.8, 4) is 5.75 Å². The van der Waals surface area contributed by atoms with E-state index in [2.05, 4.69) is 0 Å². The summed E-state index contributed by atoms with van der Waals surface area (Å²) in [5, 5.41) is 18.5. The van der Waals surface area contributed by atoms with Crippen LogP contribution in [0.25, 0.3) is 0 Å². The number of hydrogen-bond acceptors (Lipinski definition) is 4. The Morgan fingerprint density at radius 2 is 1.83 bits per heavy atom. The van der Waals surface area contributed by atoms with Crippen LogP contribution in [0.4, 0.5) is 5.69 Å². The molecule has 2 N–H and O–H groups in total. The Balaban J connectivity index is 1.99. The predicted molar refractivity (Wildman–Crippen MR) is 87.2 cm³/mol. The van der Waals surface area contributed by atoms with E-state index in [9.17, 15) is 14.7 Å². The van der Waals surface area contributed by atoms with Crippen molar-refractivity contribution in [2.75, 3.05) is 11.5 Å². The summed E-state index contributed by atoms with van der Waals surface area (Å²) in [5.41, 5.74) is 1.29. The minimum atomic E-state index is -1.04. The first-order valence-corrected chi connectivity index (χ1v) is 7.61. The van der Waals surface area contributed by atoms with Crippen molar-refractivity contribution in [1.82, 2.24) is 0 Å². The van der Waals surface area contributed by atoms with Gasteiger partial charge in [0.1, 0.15) is 5.75 Å². The van der Waals surface area contributed by atoms with E-state index in [1.54, 1.807) is 42.5 Å². The third-order valence-electron chi connectivity index (χ3n) is 3.93. The summed E-state index contributed by atoms with van der Waals surface area (Å²) in [6.07, 6.45) is -0.591. The van der Waals surface area contributed by atoms with Crippen molar-refractivity contribution in [3.63, 3.8) is 0 Å². The van der Waals surface area contributed by atoms with Gasteiger partial charge in [0.2, 0.25) is 0 Å². The van der Waals surface area contributed by atoms with Crippen molar-refractivity contribution in [1.29, 1.82) is 0 Å². The van der Waals surface area contributed by atoms with E-state index in [1.165, 1.54) is 11.0 Å². The second-order valence-corrected chi connectivity index (χ2v) is 5.47. The second kappa shape index (κ2) is 6.72. The predicted octanol–water partition coefficient (Wildman–Crippen LogP) is 2.06. The smallest absolute Gasteiger partial charge is 0.336 e. The highest BCUT2D eigenvalue weighted by atomic mass is 16.5. The molecule has 0 aromatic heterocycles. The Morgan fingerprint density at radius 1 is 1.12 bits per heavy atom. The molecule has 0 aliphatic carbocycles. The van der Waals surface area contributed by atoms with Crippen LogP contribution in [-0.2, 0) is 11.3 Å². The van der Waals surface area contributed by atoms with Crippen molar-refractivity contribution in [2.24, 2.45) is 0 Å². The first-order valence-electron chi connectivity index (χ1n) is 7.61. The summed E-state index contributed by atoms with van der Waals surface area (Å²) >= 11 is 0. The number of aliphatic hydroxyl groups is 1. The molecule has 1 heterocycles. The van der Waals surface area contributed by atoms with Gasteiger partial charge in [-0.2, -0.15) is 0 Å².